The second-order valence-corrected chi connectivity index (χ2v) is 11.8. The highest BCUT2D eigenvalue weighted by molar-refractivity contribution is 7.94. The first kappa shape index (κ1) is 23.6. The predicted molar refractivity (Wildman–Crippen MR) is 129 cm³/mol. The number of benzene rings is 2. The number of ether oxygens (including phenoxy) is 1. The van der Waals surface area contributed by atoms with Gasteiger partial charge in [-0.25, -0.2) is 12.8 Å². The molecule has 1 aromatic heterocycles. The van der Waals surface area contributed by atoms with Crippen LogP contribution in [0.2, 0.25) is 14.4 Å². The van der Waals surface area contributed by atoms with Gasteiger partial charge in [0.15, 0.2) is 0 Å². The van der Waals surface area contributed by atoms with Crippen LogP contribution >= 0.6 is 46.1 Å². The summed E-state index contributed by atoms with van der Waals surface area (Å²) in [6.07, 6.45) is 0.843. The Morgan fingerprint density at radius 1 is 1.12 bits per heavy atom. The van der Waals surface area contributed by atoms with Crippen LogP contribution in [0.15, 0.2) is 46.7 Å². The Bertz CT molecular complexity index is 1270. The molecule has 1 aliphatic heterocycles. The summed E-state index contributed by atoms with van der Waals surface area (Å²) in [6, 6.07) is 10.2. The largest absolute Gasteiger partial charge is 0.487 e. The molecule has 0 saturated carbocycles. The normalized spacial score (nSPS) is 17.0. The van der Waals surface area contributed by atoms with Crippen molar-refractivity contribution in [2.24, 2.45) is 0 Å². The van der Waals surface area contributed by atoms with Gasteiger partial charge in [0.05, 0.1) is 20.1 Å². The number of likely N-dealkylation sites (N-methyl/N-ethyl adjacent to an activating group) is 1. The number of hydrogen-bond donors (Lipinski definition) is 1. The minimum absolute atomic E-state index is 0.0139. The van der Waals surface area contributed by atoms with Crippen molar-refractivity contribution in [1.29, 1.82) is 0 Å². The molecule has 0 amide bonds. The molecule has 1 aliphatic rings. The standard InChI is InChI=1S/C21H18Cl3FN2O3S2/c1-27-7-6-14(11-27)30-19-9-13(3-4-16(19)22)26-32(28,29)21-15(10-20(24)31-21)12-2-5-18(25)17(23)8-12/h2-5,8-10,14,26H,6-7,11H2,1H3/t14-/m1/s1. The lowest BCUT2D eigenvalue weighted by Crippen LogP contribution is -2.21. The molecule has 5 nitrogen and oxygen atoms in total. The van der Waals surface area contributed by atoms with Gasteiger partial charge in [-0.3, -0.25) is 4.72 Å². The van der Waals surface area contributed by atoms with Crippen LogP contribution < -0.4 is 9.46 Å². The second-order valence-electron chi connectivity index (χ2n) is 7.42. The van der Waals surface area contributed by atoms with E-state index in [1.807, 2.05) is 7.05 Å². The van der Waals surface area contributed by atoms with Gasteiger partial charge >= 0.3 is 0 Å². The molecule has 32 heavy (non-hydrogen) atoms. The minimum Gasteiger partial charge on any atom is -0.487 e. The van der Waals surface area contributed by atoms with Gasteiger partial charge in [0.25, 0.3) is 10.0 Å². The first-order valence-electron chi connectivity index (χ1n) is 9.55. The third kappa shape index (κ3) is 5.16. The van der Waals surface area contributed by atoms with Crippen LogP contribution in [-0.2, 0) is 10.0 Å². The Morgan fingerprint density at radius 2 is 1.91 bits per heavy atom. The van der Waals surface area contributed by atoms with E-state index in [1.165, 1.54) is 24.3 Å². The lowest BCUT2D eigenvalue weighted by molar-refractivity contribution is 0.208. The fraction of sp³-hybridized carbons (Fsp3) is 0.238. The van der Waals surface area contributed by atoms with E-state index in [4.69, 9.17) is 39.5 Å². The molecule has 0 spiro atoms. The van der Waals surface area contributed by atoms with Crippen molar-refractivity contribution >= 4 is 61.9 Å². The zero-order valence-corrected chi connectivity index (χ0v) is 20.6. The predicted octanol–water partition coefficient (Wildman–Crippen LogP) is 6.40. The van der Waals surface area contributed by atoms with Crippen molar-refractivity contribution in [3.63, 3.8) is 0 Å². The van der Waals surface area contributed by atoms with Crippen LogP contribution in [-0.4, -0.2) is 39.6 Å². The maximum absolute atomic E-state index is 13.6. The number of sulfonamides is 1. The van der Waals surface area contributed by atoms with Crippen LogP contribution in [0.25, 0.3) is 11.1 Å². The minimum atomic E-state index is -4.02. The summed E-state index contributed by atoms with van der Waals surface area (Å²) >= 11 is 19.2. The van der Waals surface area contributed by atoms with Crippen molar-refractivity contribution in [3.05, 3.63) is 62.7 Å². The molecule has 1 N–H and O–H groups in total. The van der Waals surface area contributed by atoms with E-state index >= 15 is 0 Å². The van der Waals surface area contributed by atoms with Crippen LogP contribution in [0, 0.1) is 5.82 Å². The number of likely N-dealkylation sites (tertiary alicyclic amines) is 1. The zero-order valence-electron chi connectivity index (χ0n) is 16.7. The van der Waals surface area contributed by atoms with Gasteiger partial charge in [0, 0.05) is 24.7 Å². The van der Waals surface area contributed by atoms with Gasteiger partial charge in [-0.1, -0.05) is 40.9 Å². The van der Waals surface area contributed by atoms with E-state index in [9.17, 15) is 12.8 Å². The lowest BCUT2D eigenvalue weighted by atomic mass is 10.1. The number of hydrogen-bond acceptors (Lipinski definition) is 5. The van der Waals surface area contributed by atoms with Crippen molar-refractivity contribution in [3.8, 4) is 16.9 Å². The zero-order chi connectivity index (χ0) is 23.0. The molecule has 2 heterocycles. The molecule has 1 saturated heterocycles. The van der Waals surface area contributed by atoms with Gasteiger partial charge in [-0.15, -0.1) is 11.3 Å². The summed E-state index contributed by atoms with van der Waals surface area (Å²) in [5.74, 6) is -0.191. The smallest absolute Gasteiger partial charge is 0.272 e. The van der Waals surface area contributed by atoms with E-state index in [0.717, 1.165) is 30.8 Å². The Kier molecular flexibility index (Phi) is 6.91. The average molecular weight is 536 g/mol. The van der Waals surface area contributed by atoms with Gasteiger partial charge in [0.2, 0.25) is 0 Å². The molecule has 1 atom stereocenters. The second kappa shape index (κ2) is 9.37. The van der Waals surface area contributed by atoms with E-state index in [2.05, 4.69) is 9.62 Å². The molecular weight excluding hydrogens is 518 g/mol. The monoisotopic (exact) mass is 534 g/mol. The topological polar surface area (TPSA) is 58.6 Å². The number of rotatable bonds is 6. The average Bonchev–Trinajstić information content (AvgIpc) is 3.32. The van der Waals surface area contributed by atoms with E-state index in [0.29, 0.717) is 27.6 Å². The molecule has 0 bridgehead atoms. The van der Waals surface area contributed by atoms with E-state index < -0.39 is 15.8 Å². The fourth-order valence-electron chi connectivity index (χ4n) is 3.44. The maximum Gasteiger partial charge on any atom is 0.272 e. The quantitative estimate of drug-likeness (QED) is 0.397. The Balaban J connectivity index is 1.63. The fourth-order valence-corrected chi connectivity index (χ4v) is 6.73. The van der Waals surface area contributed by atoms with Crippen LogP contribution in [0.3, 0.4) is 0 Å². The lowest BCUT2D eigenvalue weighted by Gasteiger charge is -2.16. The van der Waals surface area contributed by atoms with Gasteiger partial charge in [-0.05, 0) is 49.4 Å². The Morgan fingerprint density at radius 3 is 2.59 bits per heavy atom. The number of nitrogens with one attached hydrogen (secondary N) is 1. The number of nitrogens with zero attached hydrogens (tertiary/aromatic N) is 1. The first-order valence-corrected chi connectivity index (χ1v) is 13.0. The van der Waals surface area contributed by atoms with Gasteiger partial charge < -0.3 is 9.64 Å². The highest BCUT2D eigenvalue weighted by atomic mass is 35.5. The number of thiophene rings is 1. The molecule has 2 aromatic carbocycles. The van der Waals surface area contributed by atoms with Crippen molar-refractivity contribution in [1.82, 2.24) is 4.90 Å². The molecular formula is C21H18Cl3FN2O3S2. The molecule has 11 heteroatoms. The van der Waals surface area contributed by atoms with Crippen molar-refractivity contribution < 1.29 is 17.5 Å². The Hall–Kier alpha value is -1.55. The third-order valence-electron chi connectivity index (χ3n) is 4.97. The highest BCUT2D eigenvalue weighted by Crippen LogP contribution is 2.40. The summed E-state index contributed by atoms with van der Waals surface area (Å²) in [7, 11) is -2.01. The Labute approximate surface area is 204 Å². The maximum atomic E-state index is 13.6. The van der Waals surface area contributed by atoms with E-state index in [-0.39, 0.29) is 19.7 Å². The summed E-state index contributed by atoms with van der Waals surface area (Å²) in [5.41, 5.74) is 1.06. The molecule has 1 fully saturated rings. The molecule has 3 aromatic rings. The highest BCUT2D eigenvalue weighted by Gasteiger charge is 2.25. The summed E-state index contributed by atoms with van der Waals surface area (Å²) in [6.45, 7) is 1.69. The molecule has 0 aliphatic carbocycles. The summed E-state index contributed by atoms with van der Waals surface area (Å²) in [5, 5.41) is 0.279. The number of halogens is 4. The number of anilines is 1. The summed E-state index contributed by atoms with van der Waals surface area (Å²) in [4.78, 5) is 2.15. The van der Waals surface area contributed by atoms with Crippen LogP contribution in [0.5, 0.6) is 5.75 Å². The SMILES string of the molecule is CN1CC[C@@H](Oc2cc(NS(=O)(=O)c3sc(Cl)cc3-c3ccc(F)c(Cl)c3)ccc2Cl)C1. The van der Waals surface area contributed by atoms with Crippen molar-refractivity contribution in [2.45, 2.75) is 16.7 Å². The van der Waals surface area contributed by atoms with Crippen LogP contribution in [0.4, 0.5) is 10.1 Å². The van der Waals surface area contributed by atoms with Gasteiger partial charge in [0.1, 0.15) is 21.9 Å². The molecule has 0 unspecified atom stereocenters. The molecule has 0 radical (unpaired) electrons. The molecule has 4 rings (SSSR count). The molecule has 170 valence electrons. The van der Waals surface area contributed by atoms with Gasteiger partial charge in [-0.2, -0.15) is 0 Å². The van der Waals surface area contributed by atoms with Crippen LogP contribution in [0.1, 0.15) is 6.42 Å². The summed E-state index contributed by atoms with van der Waals surface area (Å²) < 4.78 is 48.8. The third-order valence-corrected chi connectivity index (χ3v) is 8.75. The van der Waals surface area contributed by atoms with Crippen molar-refractivity contribution in [2.75, 3.05) is 24.9 Å². The first-order chi connectivity index (χ1) is 15.1. The van der Waals surface area contributed by atoms with E-state index in [1.54, 1.807) is 18.2 Å².